The summed E-state index contributed by atoms with van der Waals surface area (Å²) in [7, 11) is 0. The predicted octanol–water partition coefficient (Wildman–Crippen LogP) is 3.83. The Kier molecular flexibility index (Phi) is 101. The van der Waals surface area contributed by atoms with Gasteiger partial charge in [0.15, 0.2) is 0 Å². The highest BCUT2D eigenvalue weighted by atomic mass is 16.5. The van der Waals surface area contributed by atoms with Crippen LogP contribution in [-0.4, -0.2) is 36.6 Å². The van der Waals surface area contributed by atoms with E-state index in [0.717, 1.165) is 6.42 Å². The number of aliphatic hydroxyl groups is 2. The zero-order valence-corrected chi connectivity index (χ0v) is 6.42. The van der Waals surface area contributed by atoms with Crippen molar-refractivity contribution < 1.29 is 14.9 Å². The minimum atomic E-state index is 0. The van der Waals surface area contributed by atoms with Crippen LogP contribution in [0.3, 0.4) is 0 Å². The molecule has 0 aliphatic carbocycles. The van der Waals surface area contributed by atoms with Gasteiger partial charge in [-0.05, 0) is 12.3 Å². The molecule has 0 aromatic carbocycles. The van der Waals surface area contributed by atoms with E-state index < -0.39 is 0 Å². The van der Waals surface area contributed by atoms with Crippen molar-refractivity contribution in [2.75, 3.05) is 26.4 Å². The summed E-state index contributed by atoms with van der Waals surface area (Å²) in [6.07, 6.45) is 0.769. The summed E-state index contributed by atoms with van der Waals surface area (Å²) >= 11 is 0. The fraction of sp³-hybridized carbons (Fsp3) is 1.00. The van der Waals surface area contributed by atoms with Crippen molar-refractivity contribution in [1.29, 1.82) is 0 Å². The van der Waals surface area contributed by atoms with Gasteiger partial charge in [-0.25, -0.2) is 0 Å². The molecule has 2 N–H and O–H groups in total. The van der Waals surface area contributed by atoms with Crippen molar-refractivity contribution in [3.05, 3.63) is 0 Å². The first kappa shape index (κ1) is 44.6. The van der Waals surface area contributed by atoms with Crippen LogP contribution in [0.4, 0.5) is 0 Å². The monoisotopic (exact) mass is 244 g/mol. The average Bonchev–Trinajstić information content (AvgIpc) is 1.89. The molecule has 1 unspecified atom stereocenters. The normalized spacial score (nSPS) is 8.44. The van der Waals surface area contributed by atoms with Crippen molar-refractivity contribution in [2.24, 2.45) is 5.92 Å². The standard InChI is InChI=1S/C7H16O3.6CH4/c1-7(2-3-8)6-10-5-4-9;;;;;;/h7-9H,2-6H2,1H3;6*1H4. The zero-order valence-electron chi connectivity index (χ0n) is 6.42. The van der Waals surface area contributed by atoms with Gasteiger partial charge in [0.1, 0.15) is 0 Å². The summed E-state index contributed by atoms with van der Waals surface area (Å²) in [5.41, 5.74) is 0. The summed E-state index contributed by atoms with van der Waals surface area (Å²) in [5, 5.41) is 16.8. The Bertz CT molecular complexity index is 68.2. The molecule has 0 radical (unpaired) electrons. The van der Waals surface area contributed by atoms with E-state index in [4.69, 9.17) is 14.9 Å². The summed E-state index contributed by atoms with van der Waals surface area (Å²) in [4.78, 5) is 0. The molecule has 0 saturated heterocycles. The molecule has 0 spiro atoms. The van der Waals surface area contributed by atoms with Crippen LogP contribution >= 0.6 is 0 Å². The minimum absolute atomic E-state index is 0. The number of hydrogen-bond donors (Lipinski definition) is 2. The molecule has 3 nitrogen and oxygen atoms in total. The van der Waals surface area contributed by atoms with Gasteiger partial charge in [-0.15, -0.1) is 0 Å². The molecule has 0 amide bonds. The third-order valence-electron chi connectivity index (χ3n) is 1.26. The second-order valence-corrected chi connectivity index (χ2v) is 2.42. The Balaban J connectivity index is -0.0000000270. The molecule has 0 bridgehead atoms. The first-order valence-electron chi connectivity index (χ1n) is 3.60. The summed E-state index contributed by atoms with van der Waals surface area (Å²) < 4.78 is 5.04. The molecule has 3 heteroatoms. The number of ether oxygens (including phenoxy) is 1. The maximum atomic E-state index is 8.49. The molecule has 0 saturated carbocycles. The second-order valence-electron chi connectivity index (χ2n) is 2.42. The van der Waals surface area contributed by atoms with Crippen molar-refractivity contribution in [3.8, 4) is 0 Å². The molecular formula is C13H40O3. The van der Waals surface area contributed by atoms with Gasteiger partial charge in [0, 0.05) is 13.2 Å². The van der Waals surface area contributed by atoms with Gasteiger partial charge in [0.25, 0.3) is 0 Å². The first-order valence-corrected chi connectivity index (χ1v) is 3.60. The van der Waals surface area contributed by atoms with Gasteiger partial charge < -0.3 is 14.9 Å². The number of hydrogen-bond acceptors (Lipinski definition) is 3. The Morgan fingerprint density at radius 1 is 0.875 bits per heavy atom. The van der Waals surface area contributed by atoms with Crippen LogP contribution in [0.5, 0.6) is 0 Å². The van der Waals surface area contributed by atoms with Crippen LogP contribution < -0.4 is 0 Å². The smallest absolute Gasteiger partial charge is 0.0697 e. The largest absolute Gasteiger partial charge is 0.396 e. The van der Waals surface area contributed by atoms with Crippen LogP contribution in [0.1, 0.15) is 57.9 Å². The van der Waals surface area contributed by atoms with Crippen molar-refractivity contribution >= 4 is 0 Å². The molecule has 0 aromatic heterocycles. The molecule has 0 aliphatic rings. The van der Waals surface area contributed by atoms with Crippen LogP contribution in [0.25, 0.3) is 0 Å². The van der Waals surface area contributed by atoms with Gasteiger partial charge in [0.2, 0.25) is 0 Å². The van der Waals surface area contributed by atoms with Crippen LogP contribution in [-0.2, 0) is 4.74 Å². The average molecular weight is 244 g/mol. The predicted molar refractivity (Wildman–Crippen MR) is 79.2 cm³/mol. The highest BCUT2D eigenvalue weighted by molar-refractivity contribution is 4.48. The van der Waals surface area contributed by atoms with Gasteiger partial charge >= 0.3 is 0 Å². The Hall–Kier alpha value is -0.120. The van der Waals surface area contributed by atoms with Crippen molar-refractivity contribution in [3.63, 3.8) is 0 Å². The van der Waals surface area contributed by atoms with Gasteiger partial charge in [-0.2, -0.15) is 0 Å². The fourth-order valence-electron chi connectivity index (χ4n) is 0.653. The highest BCUT2D eigenvalue weighted by Crippen LogP contribution is 2.00. The third kappa shape index (κ3) is 37.1. The van der Waals surface area contributed by atoms with Crippen LogP contribution in [0.15, 0.2) is 0 Å². The van der Waals surface area contributed by atoms with Crippen LogP contribution in [0, 0.1) is 5.92 Å². The molecule has 0 fully saturated rings. The van der Waals surface area contributed by atoms with E-state index in [0.29, 0.717) is 19.1 Å². The van der Waals surface area contributed by atoms with E-state index in [2.05, 4.69) is 0 Å². The molecule has 1 atom stereocenters. The fourth-order valence-corrected chi connectivity index (χ4v) is 0.653. The Morgan fingerprint density at radius 3 is 1.62 bits per heavy atom. The van der Waals surface area contributed by atoms with Gasteiger partial charge in [-0.1, -0.05) is 51.5 Å². The van der Waals surface area contributed by atoms with Gasteiger partial charge in [-0.3, -0.25) is 0 Å². The molecule has 16 heavy (non-hydrogen) atoms. The zero-order chi connectivity index (χ0) is 7.82. The second kappa shape index (κ2) is 36.4. The SMILES string of the molecule is C.C.C.C.C.C.CC(CCO)COCCO. The lowest BCUT2D eigenvalue weighted by Gasteiger charge is -2.08. The Morgan fingerprint density at radius 2 is 1.31 bits per heavy atom. The van der Waals surface area contributed by atoms with E-state index >= 15 is 0 Å². The van der Waals surface area contributed by atoms with E-state index in [-0.39, 0.29) is 57.8 Å². The molecule has 0 aliphatic heterocycles. The van der Waals surface area contributed by atoms with Gasteiger partial charge in [0.05, 0.1) is 13.2 Å². The third-order valence-corrected chi connectivity index (χ3v) is 1.26. The molecule has 0 rings (SSSR count). The highest BCUT2D eigenvalue weighted by Gasteiger charge is 1.99. The molecule has 0 aromatic rings. The number of rotatable bonds is 6. The molecule has 110 valence electrons. The van der Waals surface area contributed by atoms with Crippen molar-refractivity contribution in [1.82, 2.24) is 0 Å². The van der Waals surface area contributed by atoms with E-state index in [1.165, 1.54) is 0 Å². The first-order chi connectivity index (χ1) is 4.81. The topological polar surface area (TPSA) is 49.7 Å². The van der Waals surface area contributed by atoms with Crippen molar-refractivity contribution in [2.45, 2.75) is 57.9 Å². The van der Waals surface area contributed by atoms with Crippen LogP contribution in [0.2, 0.25) is 0 Å². The van der Waals surface area contributed by atoms with E-state index in [1.54, 1.807) is 0 Å². The summed E-state index contributed by atoms with van der Waals surface area (Å²) in [5.74, 6) is 0.386. The molecular weight excluding hydrogens is 204 g/mol. The minimum Gasteiger partial charge on any atom is -0.396 e. The maximum absolute atomic E-state index is 8.49. The van der Waals surface area contributed by atoms with E-state index in [1.807, 2.05) is 6.92 Å². The lowest BCUT2D eigenvalue weighted by Crippen LogP contribution is -2.09. The van der Waals surface area contributed by atoms with E-state index in [9.17, 15) is 0 Å². The number of aliphatic hydroxyl groups excluding tert-OH is 2. The lowest BCUT2D eigenvalue weighted by atomic mass is 10.1. The summed E-state index contributed by atoms with van der Waals surface area (Å²) in [6, 6.07) is 0. The maximum Gasteiger partial charge on any atom is 0.0697 e. The molecule has 0 heterocycles. The Labute approximate surface area is 106 Å². The quantitative estimate of drug-likeness (QED) is 0.698. The lowest BCUT2D eigenvalue weighted by molar-refractivity contribution is 0.0652. The summed E-state index contributed by atoms with van der Waals surface area (Å²) in [6.45, 7) is 3.32.